The number of sulfonamides is 1. The smallest absolute Gasteiger partial charge is 0.255 e. The zero-order valence-corrected chi connectivity index (χ0v) is 12.1. The summed E-state index contributed by atoms with van der Waals surface area (Å²) in [4.78, 5) is 12.0. The van der Waals surface area contributed by atoms with Crippen molar-refractivity contribution in [3.05, 3.63) is 23.8 Å². The van der Waals surface area contributed by atoms with Crippen LogP contribution < -0.4 is 15.2 Å². The quantitative estimate of drug-likeness (QED) is 0.814. The highest BCUT2D eigenvalue weighted by atomic mass is 32.2. The SMILES string of the molecule is CCOc1ccc(S(N)(=O)=O)cc1C(=O)NCC1CC1. The fraction of sp³-hybridized carbons (Fsp3) is 0.462. The molecule has 0 atom stereocenters. The van der Waals surface area contributed by atoms with E-state index >= 15 is 0 Å². The average molecular weight is 298 g/mol. The fourth-order valence-corrected chi connectivity index (χ4v) is 2.34. The first kappa shape index (κ1) is 14.8. The van der Waals surface area contributed by atoms with Gasteiger partial charge >= 0.3 is 0 Å². The molecule has 2 rings (SSSR count). The number of nitrogens with one attached hydrogen (secondary N) is 1. The first-order valence-corrected chi connectivity index (χ1v) is 8.04. The lowest BCUT2D eigenvalue weighted by Crippen LogP contribution is -2.26. The molecule has 0 unspecified atom stereocenters. The molecule has 20 heavy (non-hydrogen) atoms. The normalized spacial score (nSPS) is 14.9. The highest BCUT2D eigenvalue weighted by Crippen LogP contribution is 2.28. The Morgan fingerprint density at radius 2 is 2.15 bits per heavy atom. The highest BCUT2D eigenvalue weighted by molar-refractivity contribution is 7.89. The largest absolute Gasteiger partial charge is 0.493 e. The summed E-state index contributed by atoms with van der Waals surface area (Å²) >= 11 is 0. The molecule has 0 radical (unpaired) electrons. The number of hydrogen-bond donors (Lipinski definition) is 2. The van der Waals surface area contributed by atoms with Crippen LogP contribution in [-0.4, -0.2) is 27.5 Å². The number of nitrogens with two attached hydrogens (primary N) is 1. The van der Waals surface area contributed by atoms with Crippen LogP contribution in [0.3, 0.4) is 0 Å². The summed E-state index contributed by atoms with van der Waals surface area (Å²) in [7, 11) is -3.85. The van der Waals surface area contributed by atoms with Gasteiger partial charge in [0.2, 0.25) is 10.0 Å². The van der Waals surface area contributed by atoms with Crippen molar-refractivity contribution in [2.45, 2.75) is 24.7 Å². The zero-order valence-electron chi connectivity index (χ0n) is 11.3. The summed E-state index contributed by atoms with van der Waals surface area (Å²) in [5, 5.41) is 7.87. The van der Waals surface area contributed by atoms with Crippen molar-refractivity contribution in [3.63, 3.8) is 0 Å². The van der Waals surface area contributed by atoms with Gasteiger partial charge in [-0.3, -0.25) is 4.79 Å². The van der Waals surface area contributed by atoms with Crippen LogP contribution >= 0.6 is 0 Å². The van der Waals surface area contributed by atoms with E-state index in [2.05, 4.69) is 5.32 Å². The molecule has 0 spiro atoms. The molecule has 0 aromatic heterocycles. The van der Waals surface area contributed by atoms with Crippen molar-refractivity contribution in [1.29, 1.82) is 0 Å². The van der Waals surface area contributed by atoms with Gasteiger partial charge in [0.15, 0.2) is 0 Å². The van der Waals surface area contributed by atoms with Crippen molar-refractivity contribution < 1.29 is 17.9 Å². The molecule has 1 aromatic carbocycles. The molecule has 1 aromatic rings. The summed E-state index contributed by atoms with van der Waals surface area (Å²) in [5.41, 5.74) is 0.194. The second-order valence-electron chi connectivity index (χ2n) is 4.79. The standard InChI is InChI=1S/C13H18N2O4S/c1-2-19-12-6-5-10(20(14,17)18)7-11(12)13(16)15-8-9-3-4-9/h5-7,9H,2-4,8H2,1H3,(H,15,16)(H2,14,17,18). The third-order valence-electron chi connectivity index (χ3n) is 3.07. The van der Waals surface area contributed by atoms with Crippen LogP contribution in [0.2, 0.25) is 0 Å². The number of carbonyl (C=O) groups is 1. The summed E-state index contributed by atoms with van der Waals surface area (Å²) in [6, 6.07) is 4.04. The van der Waals surface area contributed by atoms with E-state index in [1.165, 1.54) is 18.2 Å². The maximum atomic E-state index is 12.1. The van der Waals surface area contributed by atoms with Gasteiger partial charge in [0.1, 0.15) is 5.75 Å². The Morgan fingerprint density at radius 3 is 2.70 bits per heavy atom. The Bertz CT molecular complexity index is 609. The third-order valence-corrected chi connectivity index (χ3v) is 3.98. The van der Waals surface area contributed by atoms with Crippen molar-refractivity contribution in [2.24, 2.45) is 11.1 Å². The van der Waals surface area contributed by atoms with Gasteiger partial charge < -0.3 is 10.1 Å². The molecule has 1 saturated carbocycles. The van der Waals surface area contributed by atoms with Crippen LogP contribution in [0.1, 0.15) is 30.1 Å². The number of benzene rings is 1. The zero-order chi connectivity index (χ0) is 14.8. The molecule has 110 valence electrons. The Labute approximate surface area is 118 Å². The van der Waals surface area contributed by atoms with E-state index in [-0.39, 0.29) is 16.4 Å². The minimum absolute atomic E-state index is 0.0995. The minimum Gasteiger partial charge on any atom is -0.493 e. The topological polar surface area (TPSA) is 98.5 Å². The Hall–Kier alpha value is -1.60. The molecule has 1 aliphatic carbocycles. The Kier molecular flexibility index (Phi) is 4.29. The molecule has 1 fully saturated rings. The first-order chi connectivity index (χ1) is 9.41. The van der Waals surface area contributed by atoms with Gasteiger partial charge in [0.25, 0.3) is 5.91 Å². The van der Waals surface area contributed by atoms with E-state index in [1.807, 2.05) is 0 Å². The van der Waals surface area contributed by atoms with Gasteiger partial charge in [0.05, 0.1) is 17.1 Å². The lowest BCUT2D eigenvalue weighted by Gasteiger charge is -2.11. The predicted octanol–water partition coefficient (Wildman–Crippen LogP) is 0.872. The van der Waals surface area contributed by atoms with Gasteiger partial charge in [-0.1, -0.05) is 0 Å². The number of ether oxygens (including phenoxy) is 1. The summed E-state index contributed by atoms with van der Waals surface area (Å²) in [6.45, 7) is 2.78. The maximum absolute atomic E-state index is 12.1. The van der Waals surface area contributed by atoms with Crippen LogP contribution in [0.4, 0.5) is 0 Å². The van der Waals surface area contributed by atoms with E-state index < -0.39 is 10.0 Å². The fourth-order valence-electron chi connectivity index (χ4n) is 1.80. The van der Waals surface area contributed by atoms with Crippen LogP contribution in [0, 0.1) is 5.92 Å². The predicted molar refractivity (Wildman–Crippen MR) is 74.0 cm³/mol. The molecular weight excluding hydrogens is 280 g/mol. The number of carbonyl (C=O) groups excluding carboxylic acids is 1. The van der Waals surface area contributed by atoms with Crippen LogP contribution in [0.25, 0.3) is 0 Å². The van der Waals surface area contributed by atoms with Crippen molar-refractivity contribution in [2.75, 3.05) is 13.2 Å². The van der Waals surface area contributed by atoms with E-state index in [0.717, 1.165) is 12.8 Å². The second kappa shape index (κ2) is 5.80. The highest BCUT2D eigenvalue weighted by Gasteiger charge is 2.23. The maximum Gasteiger partial charge on any atom is 0.255 e. The van der Waals surface area contributed by atoms with Crippen molar-refractivity contribution in [3.8, 4) is 5.75 Å². The van der Waals surface area contributed by atoms with Crippen LogP contribution in [0.15, 0.2) is 23.1 Å². The molecule has 3 N–H and O–H groups in total. The van der Waals surface area contributed by atoms with Crippen LogP contribution in [-0.2, 0) is 10.0 Å². The molecule has 0 saturated heterocycles. The summed E-state index contributed by atoms with van der Waals surface area (Å²) in [5.74, 6) is 0.551. The van der Waals surface area contributed by atoms with Gasteiger partial charge in [-0.25, -0.2) is 13.6 Å². The van der Waals surface area contributed by atoms with Gasteiger partial charge in [-0.15, -0.1) is 0 Å². The van der Waals surface area contributed by atoms with Crippen LogP contribution in [0.5, 0.6) is 5.75 Å². The molecule has 1 amide bonds. The molecule has 6 nitrogen and oxygen atoms in total. The van der Waals surface area contributed by atoms with Crippen molar-refractivity contribution in [1.82, 2.24) is 5.32 Å². The lowest BCUT2D eigenvalue weighted by atomic mass is 10.2. The minimum atomic E-state index is -3.85. The lowest BCUT2D eigenvalue weighted by molar-refractivity contribution is 0.0948. The summed E-state index contributed by atoms with van der Waals surface area (Å²) in [6.07, 6.45) is 2.24. The molecule has 7 heteroatoms. The van der Waals surface area contributed by atoms with Gasteiger partial charge in [-0.05, 0) is 43.9 Å². The Morgan fingerprint density at radius 1 is 1.45 bits per heavy atom. The Balaban J connectivity index is 2.27. The van der Waals surface area contributed by atoms with E-state index in [0.29, 0.717) is 24.8 Å². The number of primary sulfonamides is 1. The van der Waals surface area contributed by atoms with Gasteiger partial charge in [0, 0.05) is 6.54 Å². The second-order valence-corrected chi connectivity index (χ2v) is 6.35. The molecule has 0 aliphatic heterocycles. The number of hydrogen-bond acceptors (Lipinski definition) is 4. The third kappa shape index (κ3) is 3.71. The van der Waals surface area contributed by atoms with Crippen molar-refractivity contribution >= 4 is 15.9 Å². The first-order valence-electron chi connectivity index (χ1n) is 6.49. The number of rotatable bonds is 6. The molecule has 1 aliphatic rings. The summed E-state index contributed by atoms with van der Waals surface area (Å²) < 4.78 is 28.1. The van der Waals surface area contributed by atoms with E-state index in [4.69, 9.17) is 9.88 Å². The van der Waals surface area contributed by atoms with Gasteiger partial charge in [-0.2, -0.15) is 0 Å². The van der Waals surface area contributed by atoms with E-state index in [9.17, 15) is 13.2 Å². The van der Waals surface area contributed by atoms with E-state index in [1.54, 1.807) is 6.92 Å². The average Bonchev–Trinajstić information content (AvgIpc) is 3.19. The molecular formula is C13H18N2O4S. The monoisotopic (exact) mass is 298 g/mol. The number of amides is 1. The molecule has 0 heterocycles. The molecule has 0 bridgehead atoms.